The molecule has 320 valence electrons. The van der Waals surface area contributed by atoms with Crippen LogP contribution in [0.25, 0.3) is 0 Å². The highest BCUT2D eigenvalue weighted by Crippen LogP contribution is 2.59. The quantitative estimate of drug-likeness (QED) is 0.107. The van der Waals surface area contributed by atoms with Gasteiger partial charge in [-0.1, -0.05) is 48.9 Å². The fraction of sp³-hybridized carbons (Fsp3) is 0.417. The number of carbonyl (C=O) groups excluding carboxylic acids is 2. The van der Waals surface area contributed by atoms with Gasteiger partial charge >= 0.3 is 6.36 Å². The van der Waals surface area contributed by atoms with Crippen LogP contribution in [0.4, 0.5) is 13.2 Å². The molecule has 0 aliphatic heterocycles. The number of ketones is 1. The van der Waals surface area contributed by atoms with Gasteiger partial charge in [0.25, 0.3) is 0 Å². The lowest BCUT2D eigenvalue weighted by Gasteiger charge is -2.46. The van der Waals surface area contributed by atoms with Crippen molar-refractivity contribution in [3.63, 3.8) is 0 Å². The van der Waals surface area contributed by atoms with Crippen LogP contribution in [0.15, 0.2) is 96.6 Å². The van der Waals surface area contributed by atoms with E-state index in [1.807, 2.05) is 32.0 Å². The fourth-order valence-electron chi connectivity index (χ4n) is 8.94. The minimum absolute atomic E-state index is 0.00127. The molecule has 4 aromatic rings. The smallest absolute Gasteiger partial charge is 0.497 e. The Hall–Kier alpha value is -5.33. The van der Waals surface area contributed by atoms with E-state index >= 15 is 0 Å². The number of hydrogen-bond acceptors (Lipinski definition) is 8. The maximum Gasteiger partial charge on any atom is 0.573 e. The van der Waals surface area contributed by atoms with Gasteiger partial charge in [-0.3, -0.25) is 9.59 Å². The maximum absolute atomic E-state index is 14.5. The van der Waals surface area contributed by atoms with Crippen LogP contribution in [0, 0.1) is 5.41 Å². The number of aliphatic hydroxyl groups is 2. The molecule has 0 saturated heterocycles. The molecule has 2 N–H and O–H groups in total. The van der Waals surface area contributed by atoms with Crippen molar-refractivity contribution in [2.24, 2.45) is 5.41 Å². The van der Waals surface area contributed by atoms with Crippen LogP contribution in [0.5, 0.6) is 23.0 Å². The van der Waals surface area contributed by atoms with Gasteiger partial charge in [-0.05, 0) is 135 Å². The highest BCUT2D eigenvalue weighted by Gasteiger charge is 2.57. The topological polar surface area (TPSA) is 115 Å². The lowest BCUT2D eigenvalue weighted by atomic mass is 9.64. The molecule has 4 aromatic carbocycles. The van der Waals surface area contributed by atoms with Crippen molar-refractivity contribution < 1.29 is 51.9 Å². The highest BCUT2D eigenvalue weighted by atomic mass is 19.4. The first-order valence-electron chi connectivity index (χ1n) is 20.3. The lowest BCUT2D eigenvalue weighted by molar-refractivity contribution is -0.274. The third kappa shape index (κ3) is 10.2. The molecule has 12 heteroatoms. The molecule has 4 atom stereocenters. The van der Waals surface area contributed by atoms with Crippen LogP contribution >= 0.6 is 0 Å². The molecular formula is C48H54F3NO8. The number of amides is 1. The summed E-state index contributed by atoms with van der Waals surface area (Å²) < 4.78 is 59.3. The van der Waals surface area contributed by atoms with Crippen molar-refractivity contribution in [3.8, 4) is 23.0 Å². The number of halogens is 3. The number of methoxy groups -OCH3 is 3. The van der Waals surface area contributed by atoms with Gasteiger partial charge in [0.2, 0.25) is 5.91 Å². The number of carbonyl (C=O) groups is 2. The predicted octanol–water partition coefficient (Wildman–Crippen LogP) is 9.15. The van der Waals surface area contributed by atoms with Crippen molar-refractivity contribution in [2.75, 3.05) is 27.9 Å². The normalized spacial score (nSPS) is 21.9. The number of ether oxygens (including phenoxy) is 4. The Labute approximate surface area is 349 Å². The Kier molecular flexibility index (Phi) is 13.6. The largest absolute Gasteiger partial charge is 0.573 e. The monoisotopic (exact) mass is 829 g/mol. The van der Waals surface area contributed by atoms with Crippen molar-refractivity contribution in [1.29, 1.82) is 0 Å². The number of aliphatic hydroxyl groups excluding tert-OH is 1. The number of nitrogens with zero attached hydrogens (tertiary/aromatic N) is 1. The standard InChI is InChI=1S/C48H54F3NO8/c1-31-7-6-23-46(2)41(39-20-11-33(25-36(53)15-8-31)26-40(39)45(55)35-13-18-37(57-3)19-14-35)22-24-47(46,56)30-52(29-32-9-16-38(17-10-32)60-48(49,50)51)44(54)28-34-12-21-42(58-4)43(27-34)59-5/h7,9-14,16-21,26-27,36,41,53,56H,6,8,15,22-25,28-30H2,1-5H3/t36-,41-,46-,47+/m0/s1. The minimum atomic E-state index is -4.86. The Bertz CT molecular complexity index is 2170. The Morgan fingerprint density at radius 1 is 0.833 bits per heavy atom. The molecule has 9 nitrogen and oxygen atoms in total. The van der Waals surface area contributed by atoms with E-state index in [4.69, 9.17) is 14.2 Å². The molecule has 60 heavy (non-hydrogen) atoms. The second-order valence-electron chi connectivity index (χ2n) is 16.3. The van der Waals surface area contributed by atoms with Crippen LogP contribution in [-0.2, 0) is 24.2 Å². The zero-order valence-electron chi connectivity index (χ0n) is 34.8. The van der Waals surface area contributed by atoms with Crippen LogP contribution < -0.4 is 18.9 Å². The van der Waals surface area contributed by atoms with E-state index in [1.54, 1.807) is 54.5 Å². The number of hydrogen-bond donors (Lipinski definition) is 2. The van der Waals surface area contributed by atoms with Crippen molar-refractivity contribution >= 4 is 11.7 Å². The van der Waals surface area contributed by atoms with Crippen LogP contribution in [0.3, 0.4) is 0 Å². The van der Waals surface area contributed by atoms with Gasteiger partial charge in [-0.2, -0.15) is 0 Å². The third-order valence-electron chi connectivity index (χ3n) is 12.4. The molecular weight excluding hydrogens is 776 g/mol. The maximum atomic E-state index is 14.5. The van der Waals surface area contributed by atoms with Gasteiger partial charge in [0.1, 0.15) is 11.5 Å². The first-order valence-corrected chi connectivity index (χ1v) is 20.3. The van der Waals surface area contributed by atoms with E-state index in [2.05, 4.69) is 10.8 Å². The van der Waals surface area contributed by atoms with Crippen molar-refractivity contribution in [1.82, 2.24) is 4.90 Å². The van der Waals surface area contributed by atoms with Crippen LogP contribution in [-0.4, -0.2) is 72.7 Å². The average Bonchev–Trinajstić information content (AvgIpc) is 3.47. The molecule has 1 saturated carbocycles. The predicted molar refractivity (Wildman–Crippen MR) is 222 cm³/mol. The molecule has 1 amide bonds. The minimum Gasteiger partial charge on any atom is -0.497 e. The summed E-state index contributed by atoms with van der Waals surface area (Å²) in [6.07, 6.45) is 0.213. The average molecular weight is 830 g/mol. The van der Waals surface area contributed by atoms with Gasteiger partial charge in [0.05, 0.1) is 46.0 Å². The molecule has 3 aliphatic carbocycles. The summed E-state index contributed by atoms with van der Waals surface area (Å²) in [5.41, 5.74) is 2.58. The summed E-state index contributed by atoms with van der Waals surface area (Å²) >= 11 is 0. The number of rotatable bonds is 12. The molecule has 7 rings (SSSR count). The van der Waals surface area contributed by atoms with Gasteiger partial charge in [0.15, 0.2) is 17.3 Å². The van der Waals surface area contributed by atoms with E-state index in [0.29, 0.717) is 84.4 Å². The SMILES string of the molecule is COc1ccc(C(=O)c2cc3ccc2[C@@H]2CC[C@@](O)(CN(Cc4ccc(OC(F)(F)F)cc4)C(=O)Cc4ccc(OC)c(OC)c4)[C@@]2(C)CCC=C(C)CC[C@H](O)C3)cc1. The second-order valence-corrected chi connectivity index (χ2v) is 16.3. The van der Waals surface area contributed by atoms with Crippen LogP contribution in [0.1, 0.15) is 96.5 Å². The number of alkyl halides is 3. The van der Waals surface area contributed by atoms with E-state index in [9.17, 15) is 33.0 Å². The summed E-state index contributed by atoms with van der Waals surface area (Å²) in [6.45, 7) is 4.00. The van der Waals surface area contributed by atoms with Crippen molar-refractivity contribution in [2.45, 2.75) is 95.7 Å². The Morgan fingerprint density at radius 2 is 1.52 bits per heavy atom. The van der Waals surface area contributed by atoms with Gasteiger partial charge in [0, 0.05) is 23.1 Å². The molecule has 2 bridgehead atoms. The van der Waals surface area contributed by atoms with Gasteiger partial charge in [-0.15, -0.1) is 13.2 Å². The summed E-state index contributed by atoms with van der Waals surface area (Å²) in [7, 11) is 4.58. The fourth-order valence-corrected chi connectivity index (χ4v) is 8.94. The van der Waals surface area contributed by atoms with Crippen LogP contribution in [0.2, 0.25) is 0 Å². The Morgan fingerprint density at radius 3 is 2.18 bits per heavy atom. The molecule has 0 radical (unpaired) electrons. The first kappa shape index (κ1) is 44.2. The molecule has 0 unspecified atom stereocenters. The lowest BCUT2D eigenvalue weighted by Crippen LogP contribution is -2.53. The van der Waals surface area contributed by atoms with Gasteiger partial charge in [-0.25, -0.2) is 0 Å². The van der Waals surface area contributed by atoms with E-state index in [0.717, 1.165) is 16.7 Å². The molecule has 1 fully saturated rings. The number of benzene rings is 4. The number of allylic oxidation sites excluding steroid dienone is 2. The summed E-state index contributed by atoms with van der Waals surface area (Å²) in [5.74, 6) is 0.369. The molecule has 0 aromatic heterocycles. The second kappa shape index (κ2) is 18.5. The molecule has 3 aliphatic rings. The van der Waals surface area contributed by atoms with E-state index < -0.39 is 23.5 Å². The van der Waals surface area contributed by atoms with Crippen molar-refractivity contribution in [3.05, 3.63) is 130 Å². The van der Waals surface area contributed by atoms with Gasteiger partial charge < -0.3 is 34.1 Å². The molecule has 0 heterocycles. The number of fused-ring (bicyclic) bond motifs is 8. The zero-order chi connectivity index (χ0) is 43.2. The zero-order valence-corrected chi connectivity index (χ0v) is 34.8. The van der Waals surface area contributed by atoms with E-state index in [-0.39, 0.29) is 42.9 Å². The first-order chi connectivity index (χ1) is 28.5. The third-order valence-corrected chi connectivity index (χ3v) is 12.4. The highest BCUT2D eigenvalue weighted by molar-refractivity contribution is 6.10. The molecule has 0 spiro atoms. The summed E-state index contributed by atoms with van der Waals surface area (Å²) in [6, 6.07) is 23.3. The van der Waals surface area contributed by atoms with E-state index in [1.165, 1.54) is 38.5 Å². The summed E-state index contributed by atoms with van der Waals surface area (Å²) in [4.78, 5) is 30.6. The Balaban J connectivity index is 1.41. The summed E-state index contributed by atoms with van der Waals surface area (Å²) in [5, 5.41) is 24.2.